The molecule has 0 aromatic carbocycles. The Kier molecular flexibility index (Phi) is 4.91. The maximum atomic E-state index is 13.7. The van der Waals surface area contributed by atoms with Gasteiger partial charge in [0, 0.05) is 12.4 Å². The topological polar surface area (TPSA) is 103 Å². The number of carbonyl (C=O) groups excluding carboxylic acids is 1. The molecule has 13 heteroatoms. The number of aromatic nitrogens is 7. The average molecular weight is 435 g/mol. The van der Waals surface area contributed by atoms with E-state index in [9.17, 15) is 18.0 Å². The van der Waals surface area contributed by atoms with E-state index in [0.29, 0.717) is 4.68 Å². The first-order valence-corrected chi connectivity index (χ1v) is 8.61. The highest BCUT2D eigenvalue weighted by Gasteiger charge is 2.40. The van der Waals surface area contributed by atoms with Crippen molar-refractivity contribution in [1.82, 2.24) is 34.7 Å². The first-order chi connectivity index (χ1) is 14.3. The molecule has 0 saturated heterocycles. The van der Waals surface area contributed by atoms with Gasteiger partial charge in [0.1, 0.15) is 0 Å². The number of amides is 1. The fraction of sp³-hybridized carbons (Fsp3) is 0.0588. The number of anilines is 1. The van der Waals surface area contributed by atoms with E-state index >= 15 is 0 Å². The number of hydrogen-bond donors (Lipinski definition) is 1. The van der Waals surface area contributed by atoms with Crippen molar-refractivity contribution < 1.29 is 18.0 Å². The third-order valence-corrected chi connectivity index (χ3v) is 4.16. The van der Waals surface area contributed by atoms with Crippen LogP contribution in [0.3, 0.4) is 0 Å². The highest BCUT2D eigenvalue weighted by molar-refractivity contribution is 6.32. The number of nitrogens with zero attached hydrogens (tertiary/aromatic N) is 7. The lowest BCUT2D eigenvalue weighted by molar-refractivity contribution is -0.143. The van der Waals surface area contributed by atoms with Gasteiger partial charge in [-0.15, -0.1) is 4.80 Å². The number of hydrogen-bond acceptors (Lipinski definition) is 6. The summed E-state index contributed by atoms with van der Waals surface area (Å²) in [6.45, 7) is 0. The Morgan fingerprint density at radius 2 is 1.73 bits per heavy atom. The van der Waals surface area contributed by atoms with Crippen LogP contribution < -0.4 is 5.32 Å². The second-order valence-electron chi connectivity index (χ2n) is 5.82. The molecule has 0 atom stereocenters. The SMILES string of the molecule is O=C(Nc1cnc(-n2nccn2)c(Cl)c1)c1cnn(-c2ccncc2)c1C(F)(F)F. The Labute approximate surface area is 171 Å². The van der Waals surface area contributed by atoms with Gasteiger partial charge in [-0.1, -0.05) is 11.6 Å². The van der Waals surface area contributed by atoms with Crippen LogP contribution >= 0.6 is 11.6 Å². The smallest absolute Gasteiger partial charge is 0.320 e. The molecule has 0 aliphatic rings. The van der Waals surface area contributed by atoms with E-state index in [-0.39, 0.29) is 22.2 Å². The summed E-state index contributed by atoms with van der Waals surface area (Å²) >= 11 is 6.12. The molecule has 4 heterocycles. The number of halogens is 4. The van der Waals surface area contributed by atoms with E-state index in [0.717, 1.165) is 11.0 Å². The highest BCUT2D eigenvalue weighted by Crippen LogP contribution is 2.34. The fourth-order valence-electron chi connectivity index (χ4n) is 2.64. The molecule has 1 amide bonds. The fourth-order valence-corrected chi connectivity index (χ4v) is 2.88. The molecule has 0 bridgehead atoms. The van der Waals surface area contributed by atoms with Crippen LogP contribution in [0.2, 0.25) is 5.02 Å². The van der Waals surface area contributed by atoms with Gasteiger partial charge < -0.3 is 5.32 Å². The molecular formula is C17H10ClF3N8O. The minimum Gasteiger partial charge on any atom is -0.320 e. The van der Waals surface area contributed by atoms with Crippen molar-refractivity contribution in [3.8, 4) is 11.5 Å². The van der Waals surface area contributed by atoms with Gasteiger partial charge in [-0.25, -0.2) is 9.67 Å². The van der Waals surface area contributed by atoms with E-state index in [1.807, 2.05) is 0 Å². The van der Waals surface area contributed by atoms with Crippen LogP contribution in [0.4, 0.5) is 18.9 Å². The zero-order valence-electron chi connectivity index (χ0n) is 14.7. The molecule has 0 saturated carbocycles. The van der Waals surface area contributed by atoms with Gasteiger partial charge in [0.25, 0.3) is 5.91 Å². The van der Waals surface area contributed by atoms with Crippen LogP contribution in [0.25, 0.3) is 11.5 Å². The van der Waals surface area contributed by atoms with Crippen molar-refractivity contribution in [2.24, 2.45) is 0 Å². The number of nitrogens with one attached hydrogen (secondary N) is 1. The molecule has 4 aromatic heterocycles. The monoisotopic (exact) mass is 434 g/mol. The molecule has 0 fully saturated rings. The number of carbonyl (C=O) groups is 1. The second-order valence-corrected chi connectivity index (χ2v) is 6.23. The molecule has 9 nitrogen and oxygen atoms in total. The molecule has 4 rings (SSSR count). The Balaban J connectivity index is 1.66. The van der Waals surface area contributed by atoms with Gasteiger partial charge in [-0.05, 0) is 18.2 Å². The van der Waals surface area contributed by atoms with Gasteiger partial charge in [0.05, 0.1) is 46.7 Å². The van der Waals surface area contributed by atoms with Gasteiger partial charge in [0.15, 0.2) is 11.5 Å². The molecular weight excluding hydrogens is 425 g/mol. The highest BCUT2D eigenvalue weighted by atomic mass is 35.5. The summed E-state index contributed by atoms with van der Waals surface area (Å²) in [5.74, 6) is -0.827. The molecule has 0 aliphatic carbocycles. The molecule has 4 aromatic rings. The third-order valence-electron chi connectivity index (χ3n) is 3.88. The number of alkyl halides is 3. The van der Waals surface area contributed by atoms with Crippen LogP contribution in [0.5, 0.6) is 0 Å². The summed E-state index contributed by atoms with van der Waals surface area (Å²) in [5.41, 5.74) is -1.68. The number of rotatable bonds is 4. The predicted molar refractivity (Wildman–Crippen MR) is 98.5 cm³/mol. The molecule has 0 unspecified atom stereocenters. The van der Waals surface area contributed by atoms with Gasteiger partial charge in [-0.2, -0.15) is 28.5 Å². The number of pyridine rings is 2. The summed E-state index contributed by atoms with van der Waals surface area (Å²) < 4.78 is 41.7. The van der Waals surface area contributed by atoms with Gasteiger partial charge in [0.2, 0.25) is 0 Å². The normalized spacial score (nSPS) is 11.5. The second kappa shape index (κ2) is 7.55. The minimum absolute atomic E-state index is 0.0886. The van der Waals surface area contributed by atoms with E-state index < -0.39 is 23.3 Å². The lowest BCUT2D eigenvalue weighted by Crippen LogP contribution is -2.21. The Morgan fingerprint density at radius 3 is 2.37 bits per heavy atom. The van der Waals surface area contributed by atoms with Crippen LogP contribution in [0.15, 0.2) is 55.4 Å². The van der Waals surface area contributed by atoms with Gasteiger partial charge in [-0.3, -0.25) is 9.78 Å². The van der Waals surface area contributed by atoms with E-state index in [1.54, 1.807) is 0 Å². The van der Waals surface area contributed by atoms with Crippen molar-refractivity contribution in [3.63, 3.8) is 0 Å². The summed E-state index contributed by atoms with van der Waals surface area (Å²) in [4.78, 5) is 21.5. The lowest BCUT2D eigenvalue weighted by Gasteiger charge is -2.13. The van der Waals surface area contributed by atoms with Crippen molar-refractivity contribution in [1.29, 1.82) is 0 Å². The minimum atomic E-state index is -4.84. The Bertz CT molecular complexity index is 1190. The molecule has 0 spiro atoms. The van der Waals surface area contributed by atoms with E-state index in [4.69, 9.17) is 11.6 Å². The summed E-state index contributed by atoms with van der Waals surface area (Å²) in [5, 5.41) is 13.9. The van der Waals surface area contributed by atoms with Crippen LogP contribution in [0.1, 0.15) is 16.1 Å². The van der Waals surface area contributed by atoms with Crippen molar-refractivity contribution in [2.45, 2.75) is 6.18 Å². The molecule has 152 valence electrons. The summed E-state index contributed by atoms with van der Waals surface area (Å²) in [6.07, 6.45) is 2.72. The maximum Gasteiger partial charge on any atom is 0.434 e. The predicted octanol–water partition coefficient (Wildman–Crippen LogP) is 3.17. The molecule has 30 heavy (non-hydrogen) atoms. The molecule has 0 radical (unpaired) electrons. The first kappa shape index (κ1) is 19.5. The Hall–Kier alpha value is -3.80. The van der Waals surface area contributed by atoms with Crippen molar-refractivity contribution in [3.05, 3.63) is 71.7 Å². The largest absolute Gasteiger partial charge is 0.434 e. The lowest BCUT2D eigenvalue weighted by atomic mass is 10.2. The Morgan fingerprint density at radius 1 is 1.03 bits per heavy atom. The van der Waals surface area contributed by atoms with E-state index in [1.165, 1.54) is 49.2 Å². The molecule has 1 N–H and O–H groups in total. The standard InChI is InChI=1S/C17H10ClF3N8O/c18-13-7-10(8-23-15(13)29-24-5-6-25-29)27-16(30)12-9-26-28(14(12)17(19,20)21)11-1-3-22-4-2-11/h1-9H,(H,27,30). The first-order valence-electron chi connectivity index (χ1n) is 8.24. The quantitative estimate of drug-likeness (QED) is 0.529. The van der Waals surface area contributed by atoms with Crippen LogP contribution in [0, 0.1) is 0 Å². The van der Waals surface area contributed by atoms with Crippen molar-refractivity contribution in [2.75, 3.05) is 5.32 Å². The van der Waals surface area contributed by atoms with Crippen LogP contribution in [-0.4, -0.2) is 40.6 Å². The average Bonchev–Trinajstić information content (AvgIpc) is 3.38. The van der Waals surface area contributed by atoms with E-state index in [2.05, 4.69) is 30.6 Å². The van der Waals surface area contributed by atoms with Crippen molar-refractivity contribution >= 4 is 23.2 Å². The zero-order valence-corrected chi connectivity index (χ0v) is 15.5. The zero-order chi connectivity index (χ0) is 21.3. The third kappa shape index (κ3) is 3.72. The summed E-state index contributed by atoms with van der Waals surface area (Å²) in [6, 6.07) is 4.01. The maximum absolute atomic E-state index is 13.7. The van der Waals surface area contributed by atoms with Gasteiger partial charge >= 0.3 is 6.18 Å². The van der Waals surface area contributed by atoms with Crippen LogP contribution in [-0.2, 0) is 6.18 Å². The molecule has 0 aliphatic heterocycles. The summed E-state index contributed by atoms with van der Waals surface area (Å²) in [7, 11) is 0.